The molecule has 0 radical (unpaired) electrons. The lowest BCUT2D eigenvalue weighted by Crippen LogP contribution is -2.39. The Balaban J connectivity index is 1.91. The highest BCUT2D eigenvalue weighted by Gasteiger charge is 2.15. The van der Waals surface area contributed by atoms with Crippen LogP contribution in [-0.4, -0.2) is 49.9 Å². The van der Waals surface area contributed by atoms with E-state index < -0.39 is 11.9 Å². The van der Waals surface area contributed by atoms with Gasteiger partial charge >= 0.3 is 5.97 Å². The maximum atomic E-state index is 12.0. The fraction of sp³-hybridized carbons (Fsp3) is 0.278. The fourth-order valence-corrected chi connectivity index (χ4v) is 2.29. The summed E-state index contributed by atoms with van der Waals surface area (Å²) in [5.74, 6) is -1.19. The van der Waals surface area contributed by atoms with E-state index in [1.54, 1.807) is 0 Å². The van der Waals surface area contributed by atoms with Crippen LogP contribution in [0.1, 0.15) is 5.56 Å². The molecule has 2 aromatic carbocycles. The van der Waals surface area contributed by atoms with Crippen molar-refractivity contribution in [1.29, 1.82) is 0 Å². The molecule has 0 saturated heterocycles. The Morgan fingerprint density at radius 1 is 1.08 bits per heavy atom. The fourth-order valence-electron chi connectivity index (χ4n) is 2.29. The number of fused-ring (bicyclic) bond motifs is 1. The highest BCUT2D eigenvalue weighted by molar-refractivity contribution is 5.90. The largest absolute Gasteiger partial charge is 0.455 e. The summed E-state index contributed by atoms with van der Waals surface area (Å²) in [6.07, 6.45) is 0.0911. The van der Waals surface area contributed by atoms with E-state index in [0.717, 1.165) is 16.3 Å². The van der Waals surface area contributed by atoms with Gasteiger partial charge in [-0.2, -0.15) is 0 Å². The van der Waals surface area contributed by atoms with Crippen LogP contribution in [0.25, 0.3) is 10.8 Å². The molecule has 2 amide bonds. The summed E-state index contributed by atoms with van der Waals surface area (Å²) < 4.78 is 5.03. The van der Waals surface area contributed by atoms with Crippen LogP contribution in [0.4, 0.5) is 0 Å². The summed E-state index contributed by atoms with van der Waals surface area (Å²) in [4.78, 5) is 36.3. The van der Waals surface area contributed by atoms with Crippen LogP contribution in [0.5, 0.6) is 0 Å². The molecule has 24 heavy (non-hydrogen) atoms. The second kappa shape index (κ2) is 8.10. The monoisotopic (exact) mass is 328 g/mol. The van der Waals surface area contributed by atoms with Crippen LogP contribution < -0.4 is 5.32 Å². The van der Waals surface area contributed by atoms with Gasteiger partial charge in [0.1, 0.15) is 0 Å². The van der Waals surface area contributed by atoms with E-state index in [1.807, 2.05) is 42.5 Å². The minimum absolute atomic E-state index is 0.0732. The SMILES string of the molecule is CNC(=O)CN(C)C(=O)COC(=O)Cc1cccc2ccccc12. The van der Waals surface area contributed by atoms with Gasteiger partial charge in [0.2, 0.25) is 5.91 Å². The molecule has 0 bridgehead atoms. The number of benzene rings is 2. The average molecular weight is 328 g/mol. The topological polar surface area (TPSA) is 75.7 Å². The smallest absolute Gasteiger partial charge is 0.310 e. The van der Waals surface area contributed by atoms with E-state index in [9.17, 15) is 14.4 Å². The molecule has 2 rings (SSSR count). The summed E-state index contributed by atoms with van der Waals surface area (Å²) >= 11 is 0. The lowest BCUT2D eigenvalue weighted by molar-refractivity contribution is -0.151. The third kappa shape index (κ3) is 4.55. The molecule has 0 aliphatic carbocycles. The predicted octanol–water partition coefficient (Wildman–Crippen LogP) is 1.13. The molecule has 2 aromatic rings. The summed E-state index contributed by atoms with van der Waals surface area (Å²) in [6, 6.07) is 13.5. The Morgan fingerprint density at radius 2 is 1.79 bits per heavy atom. The van der Waals surface area contributed by atoms with Gasteiger partial charge in [0.25, 0.3) is 5.91 Å². The molecule has 126 valence electrons. The Hall–Kier alpha value is -2.89. The number of rotatable bonds is 6. The number of amides is 2. The van der Waals surface area contributed by atoms with E-state index in [2.05, 4.69) is 5.32 Å². The molecule has 0 heterocycles. The number of carbonyl (C=O) groups is 3. The molecular formula is C18H20N2O4. The third-order valence-electron chi connectivity index (χ3n) is 3.66. The van der Waals surface area contributed by atoms with Crippen LogP contribution in [0.3, 0.4) is 0 Å². The molecule has 0 aromatic heterocycles. The van der Waals surface area contributed by atoms with E-state index in [0.29, 0.717) is 0 Å². The molecule has 0 saturated carbocycles. The van der Waals surface area contributed by atoms with Gasteiger partial charge < -0.3 is 15.0 Å². The summed E-state index contributed by atoms with van der Waals surface area (Å²) in [6.45, 7) is -0.451. The van der Waals surface area contributed by atoms with Gasteiger partial charge in [0, 0.05) is 14.1 Å². The van der Waals surface area contributed by atoms with Crippen molar-refractivity contribution < 1.29 is 19.1 Å². The normalized spacial score (nSPS) is 10.2. The first-order chi connectivity index (χ1) is 11.5. The van der Waals surface area contributed by atoms with E-state index >= 15 is 0 Å². The van der Waals surface area contributed by atoms with Crippen molar-refractivity contribution in [3.63, 3.8) is 0 Å². The number of ether oxygens (including phenoxy) is 1. The Kier molecular flexibility index (Phi) is 5.89. The molecule has 6 nitrogen and oxygen atoms in total. The van der Waals surface area contributed by atoms with Crippen molar-refractivity contribution in [1.82, 2.24) is 10.2 Å². The Labute approximate surface area is 140 Å². The molecule has 0 fully saturated rings. The van der Waals surface area contributed by atoms with Crippen molar-refractivity contribution in [2.75, 3.05) is 27.2 Å². The van der Waals surface area contributed by atoms with Crippen LogP contribution >= 0.6 is 0 Å². The van der Waals surface area contributed by atoms with Gasteiger partial charge in [-0.15, -0.1) is 0 Å². The number of nitrogens with one attached hydrogen (secondary N) is 1. The number of carbonyl (C=O) groups excluding carboxylic acids is 3. The Bertz CT molecular complexity index is 752. The molecule has 0 aliphatic rings. The number of esters is 1. The van der Waals surface area contributed by atoms with Crippen molar-refractivity contribution in [3.8, 4) is 0 Å². The quantitative estimate of drug-likeness (QED) is 0.807. The average Bonchev–Trinajstić information content (AvgIpc) is 2.59. The highest BCUT2D eigenvalue weighted by Crippen LogP contribution is 2.19. The lowest BCUT2D eigenvalue weighted by Gasteiger charge is -2.16. The van der Waals surface area contributed by atoms with Gasteiger partial charge in [-0.1, -0.05) is 42.5 Å². The van der Waals surface area contributed by atoms with E-state index in [4.69, 9.17) is 4.74 Å². The van der Waals surface area contributed by atoms with Gasteiger partial charge in [0.05, 0.1) is 13.0 Å². The Morgan fingerprint density at radius 3 is 2.54 bits per heavy atom. The van der Waals surface area contributed by atoms with E-state index in [1.165, 1.54) is 19.0 Å². The minimum atomic E-state index is -0.479. The second-order valence-electron chi connectivity index (χ2n) is 5.40. The standard InChI is InChI=1S/C18H20N2O4/c1-19-16(21)11-20(2)17(22)12-24-18(23)10-14-8-5-7-13-6-3-4-9-15(13)14/h3-9H,10-12H2,1-2H3,(H,19,21). The first kappa shape index (κ1) is 17.5. The van der Waals surface area contributed by atoms with Crippen LogP contribution in [-0.2, 0) is 25.5 Å². The van der Waals surface area contributed by atoms with Crippen molar-refractivity contribution in [3.05, 3.63) is 48.0 Å². The number of nitrogens with zero attached hydrogens (tertiary/aromatic N) is 1. The van der Waals surface area contributed by atoms with Gasteiger partial charge in [-0.05, 0) is 16.3 Å². The number of hydrogen-bond donors (Lipinski definition) is 1. The highest BCUT2D eigenvalue weighted by atomic mass is 16.5. The molecule has 0 atom stereocenters. The van der Waals surface area contributed by atoms with Crippen molar-refractivity contribution in [2.45, 2.75) is 6.42 Å². The minimum Gasteiger partial charge on any atom is -0.455 e. The second-order valence-corrected chi connectivity index (χ2v) is 5.40. The number of hydrogen-bond acceptors (Lipinski definition) is 4. The molecular weight excluding hydrogens is 308 g/mol. The van der Waals surface area contributed by atoms with E-state index in [-0.39, 0.29) is 25.5 Å². The van der Waals surface area contributed by atoms with Gasteiger partial charge in [-0.3, -0.25) is 14.4 Å². The molecule has 6 heteroatoms. The van der Waals surface area contributed by atoms with Crippen LogP contribution in [0, 0.1) is 0 Å². The first-order valence-electron chi connectivity index (χ1n) is 7.58. The zero-order valence-corrected chi connectivity index (χ0v) is 13.7. The van der Waals surface area contributed by atoms with Crippen LogP contribution in [0.15, 0.2) is 42.5 Å². The summed E-state index contributed by atoms with van der Waals surface area (Å²) in [5.41, 5.74) is 0.851. The maximum absolute atomic E-state index is 12.0. The van der Waals surface area contributed by atoms with Gasteiger partial charge in [-0.25, -0.2) is 0 Å². The van der Waals surface area contributed by atoms with Crippen LogP contribution in [0.2, 0.25) is 0 Å². The maximum Gasteiger partial charge on any atom is 0.310 e. The van der Waals surface area contributed by atoms with Gasteiger partial charge in [0.15, 0.2) is 6.61 Å². The summed E-state index contributed by atoms with van der Waals surface area (Å²) in [5, 5.41) is 4.46. The summed E-state index contributed by atoms with van der Waals surface area (Å²) in [7, 11) is 2.97. The van der Waals surface area contributed by atoms with Crippen molar-refractivity contribution >= 4 is 28.6 Å². The molecule has 1 N–H and O–H groups in total. The predicted molar refractivity (Wildman–Crippen MR) is 90.3 cm³/mol. The van der Waals surface area contributed by atoms with Crippen molar-refractivity contribution in [2.24, 2.45) is 0 Å². The molecule has 0 spiro atoms. The third-order valence-corrected chi connectivity index (χ3v) is 3.66. The molecule has 0 unspecified atom stereocenters. The zero-order chi connectivity index (χ0) is 17.5. The lowest BCUT2D eigenvalue weighted by atomic mass is 10.0. The first-order valence-corrected chi connectivity index (χ1v) is 7.58. The zero-order valence-electron chi connectivity index (χ0n) is 13.7. The molecule has 0 aliphatic heterocycles. The number of likely N-dealkylation sites (N-methyl/N-ethyl adjacent to an activating group) is 2.